The number of rotatable bonds is 2. The molecule has 0 radical (unpaired) electrons. The first-order valence-electron chi connectivity index (χ1n) is 5.80. The van der Waals surface area contributed by atoms with E-state index in [1.165, 1.54) is 28.2 Å². The van der Waals surface area contributed by atoms with Crippen molar-refractivity contribution in [3.8, 4) is 0 Å². The van der Waals surface area contributed by atoms with Gasteiger partial charge in [-0.1, -0.05) is 0 Å². The molecule has 0 bridgehead atoms. The Labute approximate surface area is 104 Å². The van der Waals surface area contributed by atoms with Crippen LogP contribution in [0.5, 0.6) is 0 Å². The second kappa shape index (κ2) is 5.52. The van der Waals surface area contributed by atoms with E-state index >= 15 is 0 Å². The van der Waals surface area contributed by atoms with Crippen LogP contribution in [0.1, 0.15) is 12.8 Å². The van der Waals surface area contributed by atoms with Crippen LogP contribution in [0.25, 0.3) is 0 Å². The predicted octanol–water partition coefficient (Wildman–Crippen LogP) is 1.26. The summed E-state index contributed by atoms with van der Waals surface area (Å²) >= 11 is 0. The van der Waals surface area contributed by atoms with Crippen LogP contribution in [0.15, 0.2) is 18.7 Å². The van der Waals surface area contributed by atoms with E-state index in [0.717, 1.165) is 12.8 Å². The third-order valence-electron chi connectivity index (χ3n) is 3.04. The zero-order valence-corrected chi connectivity index (χ0v) is 9.86. The highest BCUT2D eigenvalue weighted by atomic mass is 16.5. The Bertz CT molecular complexity index is 410. The van der Waals surface area contributed by atoms with Crippen molar-refractivity contribution in [2.75, 3.05) is 19.7 Å². The van der Waals surface area contributed by atoms with E-state index < -0.39 is 12.2 Å². The maximum absolute atomic E-state index is 11.5. The van der Waals surface area contributed by atoms with E-state index in [9.17, 15) is 9.59 Å². The maximum Gasteiger partial charge on any atom is 0.419 e. The van der Waals surface area contributed by atoms with Crippen LogP contribution >= 0.6 is 0 Å². The fourth-order valence-electron chi connectivity index (χ4n) is 1.92. The molecular formula is C11H15N3O4. The molecule has 98 valence electrons. The van der Waals surface area contributed by atoms with Crippen LogP contribution in [0.2, 0.25) is 0 Å². The highest BCUT2D eigenvalue weighted by Crippen LogP contribution is 2.17. The summed E-state index contributed by atoms with van der Waals surface area (Å²) in [6.07, 6.45) is 4.53. The number of carboxylic acid groups (broad SMARTS) is 1. The standard InChI is InChI=1S/C11H15N3O4/c15-10(16)13-4-1-9(2-5-13)7-18-11(17)14-6-3-12-8-14/h3,6,8-9H,1-2,4-5,7H2,(H,15,16). The lowest BCUT2D eigenvalue weighted by atomic mass is 9.98. The molecule has 0 aromatic carbocycles. The van der Waals surface area contributed by atoms with Crippen LogP contribution in [0.4, 0.5) is 9.59 Å². The van der Waals surface area contributed by atoms with Crippen LogP contribution < -0.4 is 0 Å². The van der Waals surface area contributed by atoms with Gasteiger partial charge in [0.2, 0.25) is 0 Å². The third kappa shape index (κ3) is 2.99. The zero-order valence-electron chi connectivity index (χ0n) is 9.86. The molecule has 1 aromatic heterocycles. The maximum atomic E-state index is 11.5. The van der Waals surface area contributed by atoms with Gasteiger partial charge in [-0.2, -0.15) is 0 Å². The number of imidazole rings is 1. The van der Waals surface area contributed by atoms with Crippen molar-refractivity contribution in [1.29, 1.82) is 0 Å². The van der Waals surface area contributed by atoms with Gasteiger partial charge in [-0.05, 0) is 18.8 Å². The Morgan fingerprint density at radius 2 is 2.11 bits per heavy atom. The molecule has 1 amide bonds. The lowest BCUT2D eigenvalue weighted by molar-refractivity contribution is 0.0897. The van der Waals surface area contributed by atoms with Crippen molar-refractivity contribution in [2.24, 2.45) is 5.92 Å². The highest BCUT2D eigenvalue weighted by Gasteiger charge is 2.23. The van der Waals surface area contributed by atoms with Gasteiger partial charge in [0.15, 0.2) is 0 Å². The molecule has 1 saturated heterocycles. The topological polar surface area (TPSA) is 84.7 Å². The quantitative estimate of drug-likeness (QED) is 0.857. The molecule has 7 heteroatoms. The minimum Gasteiger partial charge on any atom is -0.465 e. The van der Waals surface area contributed by atoms with Crippen LogP contribution in [0.3, 0.4) is 0 Å². The molecule has 0 atom stereocenters. The largest absolute Gasteiger partial charge is 0.465 e. The number of likely N-dealkylation sites (tertiary alicyclic amines) is 1. The van der Waals surface area contributed by atoms with Crippen LogP contribution in [-0.2, 0) is 4.74 Å². The summed E-state index contributed by atoms with van der Waals surface area (Å²) in [4.78, 5) is 27.4. The number of nitrogens with zero attached hydrogens (tertiary/aromatic N) is 3. The first-order valence-corrected chi connectivity index (χ1v) is 5.80. The second-order valence-electron chi connectivity index (χ2n) is 4.26. The second-order valence-corrected chi connectivity index (χ2v) is 4.26. The van der Waals surface area contributed by atoms with E-state index in [-0.39, 0.29) is 5.92 Å². The number of hydrogen-bond acceptors (Lipinski definition) is 4. The minimum absolute atomic E-state index is 0.230. The average molecular weight is 253 g/mol. The van der Waals surface area contributed by atoms with Gasteiger partial charge < -0.3 is 14.7 Å². The lowest BCUT2D eigenvalue weighted by Crippen LogP contribution is -2.38. The third-order valence-corrected chi connectivity index (χ3v) is 3.04. The number of amides is 1. The summed E-state index contributed by atoms with van der Waals surface area (Å²) in [6.45, 7) is 1.33. The van der Waals surface area contributed by atoms with Gasteiger partial charge >= 0.3 is 12.2 Å². The monoisotopic (exact) mass is 253 g/mol. The fraction of sp³-hybridized carbons (Fsp3) is 0.545. The van der Waals surface area contributed by atoms with Crippen molar-refractivity contribution >= 4 is 12.2 Å². The normalized spacial score (nSPS) is 16.6. The molecule has 0 saturated carbocycles. The number of carbonyl (C=O) groups is 2. The van der Waals surface area contributed by atoms with Gasteiger partial charge in [0, 0.05) is 25.5 Å². The number of carbonyl (C=O) groups excluding carboxylic acids is 1. The molecular weight excluding hydrogens is 238 g/mol. The Morgan fingerprint density at radius 1 is 1.39 bits per heavy atom. The first kappa shape index (κ1) is 12.4. The summed E-state index contributed by atoms with van der Waals surface area (Å²) in [6, 6.07) is 0. The molecule has 18 heavy (non-hydrogen) atoms. The fourth-order valence-corrected chi connectivity index (χ4v) is 1.92. The van der Waals surface area contributed by atoms with Gasteiger partial charge in [0.25, 0.3) is 0 Å². The van der Waals surface area contributed by atoms with Crippen molar-refractivity contribution in [2.45, 2.75) is 12.8 Å². The highest BCUT2D eigenvalue weighted by molar-refractivity contribution is 5.69. The molecule has 1 aromatic rings. The molecule has 1 aliphatic rings. The number of piperidine rings is 1. The average Bonchev–Trinajstić information content (AvgIpc) is 2.90. The molecule has 7 nitrogen and oxygen atoms in total. The Morgan fingerprint density at radius 3 is 2.67 bits per heavy atom. The molecule has 2 rings (SSSR count). The molecule has 0 aliphatic carbocycles. The number of hydrogen-bond donors (Lipinski definition) is 1. The van der Waals surface area contributed by atoms with Gasteiger partial charge in [0.1, 0.15) is 6.33 Å². The zero-order chi connectivity index (χ0) is 13.0. The summed E-state index contributed by atoms with van der Waals surface area (Å²) in [5, 5.41) is 8.80. The van der Waals surface area contributed by atoms with E-state index in [2.05, 4.69) is 4.98 Å². The molecule has 1 N–H and O–H groups in total. The number of aromatic nitrogens is 2. The molecule has 1 aliphatic heterocycles. The lowest BCUT2D eigenvalue weighted by Gasteiger charge is -2.29. The summed E-state index contributed by atoms with van der Waals surface area (Å²) < 4.78 is 6.41. The van der Waals surface area contributed by atoms with Crippen LogP contribution in [-0.4, -0.2) is 51.4 Å². The van der Waals surface area contributed by atoms with Crippen molar-refractivity contribution < 1.29 is 19.4 Å². The Balaban J connectivity index is 1.72. The van der Waals surface area contributed by atoms with Crippen molar-refractivity contribution in [3.05, 3.63) is 18.7 Å². The first-order chi connectivity index (χ1) is 8.66. The predicted molar refractivity (Wildman–Crippen MR) is 61.3 cm³/mol. The molecule has 0 unspecified atom stereocenters. The van der Waals surface area contributed by atoms with Crippen LogP contribution in [0, 0.1) is 5.92 Å². The SMILES string of the molecule is O=C(O)N1CCC(COC(=O)n2ccnc2)CC1. The number of ether oxygens (including phenoxy) is 1. The summed E-state index contributed by atoms with van der Waals surface area (Å²) in [7, 11) is 0. The smallest absolute Gasteiger partial charge is 0.419 e. The summed E-state index contributed by atoms with van der Waals surface area (Å²) in [5.74, 6) is 0.230. The van der Waals surface area contributed by atoms with Crippen molar-refractivity contribution in [1.82, 2.24) is 14.5 Å². The molecule has 0 spiro atoms. The Kier molecular flexibility index (Phi) is 3.81. The molecule has 1 fully saturated rings. The van der Waals surface area contributed by atoms with Gasteiger partial charge in [0.05, 0.1) is 6.61 Å². The van der Waals surface area contributed by atoms with Gasteiger partial charge in [-0.15, -0.1) is 0 Å². The minimum atomic E-state index is -0.885. The van der Waals surface area contributed by atoms with E-state index in [1.807, 2.05) is 0 Å². The Hall–Kier alpha value is -2.05. The van der Waals surface area contributed by atoms with E-state index in [0.29, 0.717) is 19.7 Å². The molecule has 2 heterocycles. The van der Waals surface area contributed by atoms with E-state index in [1.54, 1.807) is 0 Å². The summed E-state index contributed by atoms with van der Waals surface area (Å²) in [5.41, 5.74) is 0. The van der Waals surface area contributed by atoms with Gasteiger partial charge in [-0.3, -0.25) is 0 Å². The van der Waals surface area contributed by atoms with Gasteiger partial charge in [-0.25, -0.2) is 19.1 Å². The van der Waals surface area contributed by atoms with Crippen molar-refractivity contribution in [3.63, 3.8) is 0 Å². The van der Waals surface area contributed by atoms with E-state index in [4.69, 9.17) is 9.84 Å².